The highest BCUT2D eigenvalue weighted by molar-refractivity contribution is 6.35. The van der Waals surface area contributed by atoms with Crippen molar-refractivity contribution in [2.75, 3.05) is 12.4 Å². The Labute approximate surface area is 195 Å². The number of hydrogen-bond acceptors (Lipinski definition) is 5. The zero-order chi connectivity index (χ0) is 24.9. The number of benzene rings is 1. The predicted molar refractivity (Wildman–Crippen MR) is 111 cm³/mol. The van der Waals surface area contributed by atoms with Gasteiger partial charge in [0.1, 0.15) is 16.7 Å². The summed E-state index contributed by atoms with van der Waals surface area (Å²) in [5, 5.41) is 3.00. The Balaban J connectivity index is 1.65. The van der Waals surface area contributed by atoms with Gasteiger partial charge in [0.25, 0.3) is 0 Å². The van der Waals surface area contributed by atoms with Crippen LogP contribution in [0, 0.1) is 0 Å². The first-order valence-corrected chi connectivity index (χ1v) is 10.6. The van der Waals surface area contributed by atoms with Crippen molar-refractivity contribution in [3.05, 3.63) is 57.5 Å². The lowest BCUT2D eigenvalue weighted by Gasteiger charge is -2.17. The summed E-state index contributed by atoms with van der Waals surface area (Å²) in [4.78, 5) is 20.7. The minimum Gasteiger partial charge on any atom is -0.464 e. The molecule has 1 N–H and O–H groups in total. The van der Waals surface area contributed by atoms with E-state index in [0.717, 1.165) is 12.8 Å². The molecular formula is C22H18ClF6N3O2. The van der Waals surface area contributed by atoms with E-state index in [1.165, 1.54) is 19.3 Å². The van der Waals surface area contributed by atoms with Crippen molar-refractivity contribution >= 4 is 29.5 Å². The predicted octanol–water partition coefficient (Wildman–Crippen LogP) is 6.49. The number of carbonyl (C=O) groups excluding carboxylic acids is 1. The van der Waals surface area contributed by atoms with Gasteiger partial charge < -0.3 is 10.1 Å². The number of alkyl halides is 6. The summed E-state index contributed by atoms with van der Waals surface area (Å²) in [6.45, 7) is 0. The summed E-state index contributed by atoms with van der Waals surface area (Å²) in [6.07, 6.45) is -4.43. The quantitative estimate of drug-likeness (QED) is 0.359. The average Bonchev–Trinajstić information content (AvgIpc) is 3.68. The lowest BCUT2D eigenvalue weighted by Crippen LogP contribution is -2.21. The fourth-order valence-corrected chi connectivity index (χ4v) is 3.55. The smallest absolute Gasteiger partial charge is 0.416 e. The Morgan fingerprint density at radius 1 is 1.09 bits per heavy atom. The van der Waals surface area contributed by atoms with E-state index in [0.29, 0.717) is 30.8 Å². The molecule has 0 unspecified atom stereocenters. The number of nitrogens with zero attached hydrogens (tertiary/aromatic N) is 2. The fraction of sp³-hybridized carbons (Fsp3) is 0.409. The third kappa shape index (κ3) is 5.29. The third-order valence-electron chi connectivity index (χ3n) is 5.55. The van der Waals surface area contributed by atoms with Crippen LogP contribution in [-0.2, 0) is 17.1 Å². The number of nitrogens with one attached hydrogen (secondary N) is 1. The van der Waals surface area contributed by atoms with Gasteiger partial charge in [-0.3, -0.25) is 0 Å². The van der Waals surface area contributed by atoms with Gasteiger partial charge in [0.15, 0.2) is 5.69 Å². The van der Waals surface area contributed by atoms with Crippen LogP contribution in [0.5, 0.6) is 0 Å². The van der Waals surface area contributed by atoms with E-state index in [1.54, 1.807) is 0 Å². The molecule has 0 radical (unpaired) electrons. The van der Waals surface area contributed by atoms with Crippen LogP contribution < -0.4 is 5.32 Å². The number of halogens is 7. The Morgan fingerprint density at radius 3 is 2.15 bits per heavy atom. The van der Waals surface area contributed by atoms with Crippen LogP contribution in [0.2, 0.25) is 5.02 Å². The molecule has 12 heteroatoms. The van der Waals surface area contributed by atoms with Gasteiger partial charge in [-0.15, -0.1) is 0 Å². The molecule has 5 nitrogen and oxygen atoms in total. The zero-order valence-corrected chi connectivity index (χ0v) is 18.4. The van der Waals surface area contributed by atoms with Gasteiger partial charge in [-0.05, 0) is 49.4 Å². The lowest BCUT2D eigenvalue weighted by molar-refractivity contribution is -0.143. The van der Waals surface area contributed by atoms with E-state index in [1.807, 2.05) is 0 Å². The zero-order valence-electron chi connectivity index (χ0n) is 17.6. The van der Waals surface area contributed by atoms with Crippen molar-refractivity contribution in [1.29, 1.82) is 0 Å². The van der Waals surface area contributed by atoms with E-state index in [2.05, 4.69) is 15.3 Å². The minimum atomic E-state index is -4.93. The highest BCUT2D eigenvalue weighted by Gasteiger charge is 2.42. The molecular weight excluding hydrogens is 488 g/mol. The Morgan fingerprint density at radius 2 is 1.68 bits per heavy atom. The molecule has 0 aliphatic heterocycles. The molecule has 0 atom stereocenters. The molecule has 0 saturated heterocycles. The van der Waals surface area contributed by atoms with Crippen LogP contribution in [0.25, 0.3) is 6.08 Å². The maximum Gasteiger partial charge on any atom is 0.416 e. The number of carbonyl (C=O) groups is 1. The summed E-state index contributed by atoms with van der Waals surface area (Å²) in [5.74, 6) is -0.0971. The highest BCUT2D eigenvalue weighted by atomic mass is 35.5. The van der Waals surface area contributed by atoms with E-state index in [4.69, 9.17) is 16.3 Å². The summed E-state index contributed by atoms with van der Waals surface area (Å²) in [5.41, 5.74) is -3.95. The lowest BCUT2D eigenvalue weighted by atomic mass is 10.0. The molecule has 4 rings (SSSR count). The second-order valence-corrected chi connectivity index (χ2v) is 8.69. The van der Waals surface area contributed by atoms with Gasteiger partial charge in [0.2, 0.25) is 0 Å². The minimum absolute atomic E-state index is 0.0747. The summed E-state index contributed by atoms with van der Waals surface area (Å²) in [7, 11) is 1.18. The summed E-state index contributed by atoms with van der Waals surface area (Å²) < 4.78 is 83.5. The summed E-state index contributed by atoms with van der Waals surface area (Å²) in [6, 6.07) is 1.39. The summed E-state index contributed by atoms with van der Waals surface area (Å²) >= 11 is 6.31. The van der Waals surface area contributed by atoms with Crippen LogP contribution in [0.1, 0.15) is 64.6 Å². The largest absolute Gasteiger partial charge is 0.464 e. The number of anilines is 1. The second kappa shape index (κ2) is 8.44. The van der Waals surface area contributed by atoms with Gasteiger partial charge in [-0.25, -0.2) is 14.8 Å². The molecule has 0 amide bonds. The van der Waals surface area contributed by atoms with Gasteiger partial charge in [0.05, 0.1) is 23.8 Å². The molecule has 1 heterocycles. The molecule has 34 heavy (non-hydrogen) atoms. The van der Waals surface area contributed by atoms with E-state index in [-0.39, 0.29) is 34.1 Å². The maximum atomic E-state index is 13.1. The van der Waals surface area contributed by atoms with Crippen LogP contribution in [0.15, 0.2) is 24.3 Å². The number of esters is 1. The Hall–Kier alpha value is -2.82. The molecule has 1 aromatic heterocycles. The molecule has 2 fully saturated rings. The highest BCUT2D eigenvalue weighted by Crippen LogP contribution is 2.44. The molecule has 2 aliphatic rings. The van der Waals surface area contributed by atoms with Crippen molar-refractivity contribution in [3.63, 3.8) is 0 Å². The van der Waals surface area contributed by atoms with E-state index in [9.17, 15) is 31.1 Å². The molecule has 1 aromatic carbocycles. The van der Waals surface area contributed by atoms with E-state index >= 15 is 0 Å². The molecule has 182 valence electrons. The van der Waals surface area contributed by atoms with Crippen molar-refractivity contribution < 1.29 is 35.9 Å². The molecule has 2 aromatic rings. The SMILES string of the molecule is COC(=O)c1nc(C2CC2)nc(NC2(C=Cc3cc(C(F)(F)F)cc(C(F)(F)F)c3)CC2)c1Cl. The third-order valence-corrected chi connectivity index (χ3v) is 5.91. The first-order chi connectivity index (χ1) is 15.8. The number of rotatable bonds is 6. The molecule has 0 spiro atoms. The van der Waals surface area contributed by atoms with Crippen LogP contribution in [0.4, 0.5) is 32.2 Å². The Kier molecular flexibility index (Phi) is 6.03. The monoisotopic (exact) mass is 505 g/mol. The van der Waals surface area contributed by atoms with E-state index < -0.39 is 35.0 Å². The molecule has 2 saturated carbocycles. The van der Waals surface area contributed by atoms with Crippen molar-refractivity contribution in [2.24, 2.45) is 0 Å². The maximum absolute atomic E-state index is 13.1. The average molecular weight is 506 g/mol. The number of ether oxygens (including phenoxy) is 1. The van der Waals surface area contributed by atoms with Crippen molar-refractivity contribution in [3.8, 4) is 0 Å². The molecule has 0 bridgehead atoms. The molecule has 2 aliphatic carbocycles. The number of methoxy groups -OCH3 is 1. The fourth-order valence-electron chi connectivity index (χ4n) is 3.34. The van der Waals surface area contributed by atoms with Crippen molar-refractivity contribution in [1.82, 2.24) is 9.97 Å². The number of aromatic nitrogens is 2. The van der Waals surface area contributed by atoms with Gasteiger partial charge >= 0.3 is 18.3 Å². The van der Waals surface area contributed by atoms with Crippen LogP contribution >= 0.6 is 11.6 Å². The number of hydrogen-bond donors (Lipinski definition) is 1. The van der Waals surface area contributed by atoms with Gasteiger partial charge in [-0.2, -0.15) is 26.3 Å². The van der Waals surface area contributed by atoms with Gasteiger partial charge in [0, 0.05) is 5.92 Å². The van der Waals surface area contributed by atoms with Crippen LogP contribution in [-0.4, -0.2) is 28.6 Å². The van der Waals surface area contributed by atoms with Crippen molar-refractivity contribution in [2.45, 2.75) is 49.5 Å². The van der Waals surface area contributed by atoms with Gasteiger partial charge in [-0.1, -0.05) is 23.8 Å². The first-order valence-electron chi connectivity index (χ1n) is 10.2. The Bertz CT molecular complexity index is 1120. The van der Waals surface area contributed by atoms with Crippen LogP contribution in [0.3, 0.4) is 0 Å². The standard InChI is InChI=1S/C22H18ClF6N3O2/c1-34-19(33)16-15(23)18(31-17(30-16)12-2-3-12)32-20(6-7-20)5-4-11-8-13(21(24,25)26)10-14(9-11)22(27,28)29/h4-5,8-10,12H,2-3,6-7H2,1H3,(H,30,31,32). The second-order valence-electron chi connectivity index (χ2n) is 8.31. The first kappa shape index (κ1) is 24.3. The normalized spacial score (nSPS) is 17.6. The topological polar surface area (TPSA) is 64.1 Å².